The molecule has 4 rings (SSSR count). The second kappa shape index (κ2) is 6.66. The smallest absolute Gasteiger partial charge is 0.123 e. The molecule has 2 saturated heterocycles. The molecule has 2 aliphatic heterocycles. The Bertz CT molecular complexity index is 689. The van der Waals surface area contributed by atoms with E-state index in [0.29, 0.717) is 5.92 Å². The van der Waals surface area contributed by atoms with E-state index in [2.05, 4.69) is 35.2 Å². The van der Waals surface area contributed by atoms with Crippen LogP contribution in [0, 0.1) is 5.82 Å². The first-order valence-corrected chi connectivity index (χ1v) is 8.88. The van der Waals surface area contributed by atoms with Gasteiger partial charge in [0.15, 0.2) is 0 Å². The molecule has 2 aliphatic rings. The van der Waals surface area contributed by atoms with Gasteiger partial charge in [-0.15, -0.1) is 0 Å². The lowest BCUT2D eigenvalue weighted by molar-refractivity contribution is -0.0533. The number of likely N-dealkylation sites (tertiary alicyclic amines) is 1. The maximum atomic E-state index is 13.4. The average Bonchev–Trinajstić information content (AvgIpc) is 2.99. The molecule has 0 radical (unpaired) electrons. The molecular formula is C21H24FNO. The topological polar surface area (TPSA) is 12.5 Å². The van der Waals surface area contributed by atoms with E-state index in [1.807, 2.05) is 6.07 Å². The van der Waals surface area contributed by atoms with Crippen molar-refractivity contribution in [2.45, 2.75) is 37.3 Å². The van der Waals surface area contributed by atoms with Gasteiger partial charge in [-0.3, -0.25) is 4.90 Å². The van der Waals surface area contributed by atoms with Gasteiger partial charge < -0.3 is 4.74 Å². The number of rotatable bonds is 3. The molecule has 2 aromatic carbocycles. The molecule has 0 bridgehead atoms. The summed E-state index contributed by atoms with van der Waals surface area (Å²) in [4.78, 5) is 2.42. The summed E-state index contributed by atoms with van der Waals surface area (Å²) < 4.78 is 19.7. The van der Waals surface area contributed by atoms with Crippen LogP contribution in [-0.4, -0.2) is 30.2 Å². The molecule has 2 heterocycles. The van der Waals surface area contributed by atoms with Gasteiger partial charge in [0.1, 0.15) is 5.82 Å². The maximum absolute atomic E-state index is 13.4. The second-order valence-electron chi connectivity index (χ2n) is 7.25. The van der Waals surface area contributed by atoms with Crippen molar-refractivity contribution < 1.29 is 9.13 Å². The molecule has 2 aromatic rings. The quantitative estimate of drug-likeness (QED) is 0.831. The molecule has 0 aromatic heterocycles. The number of ether oxygens (including phenoxy) is 1. The van der Waals surface area contributed by atoms with Crippen molar-refractivity contribution in [1.29, 1.82) is 0 Å². The summed E-state index contributed by atoms with van der Waals surface area (Å²) in [7, 11) is 0. The molecule has 2 atom stereocenters. The van der Waals surface area contributed by atoms with Crippen molar-refractivity contribution >= 4 is 0 Å². The Morgan fingerprint density at radius 3 is 2.83 bits per heavy atom. The van der Waals surface area contributed by atoms with Gasteiger partial charge in [-0.2, -0.15) is 0 Å². The van der Waals surface area contributed by atoms with Gasteiger partial charge in [0.05, 0.1) is 12.2 Å². The molecule has 0 N–H and O–H groups in total. The molecule has 2 fully saturated rings. The third-order valence-corrected chi connectivity index (χ3v) is 5.39. The monoisotopic (exact) mass is 325 g/mol. The van der Waals surface area contributed by atoms with Crippen LogP contribution < -0.4 is 0 Å². The molecular weight excluding hydrogens is 301 g/mol. The van der Waals surface area contributed by atoms with Gasteiger partial charge in [0.25, 0.3) is 0 Å². The van der Waals surface area contributed by atoms with Gasteiger partial charge in [0.2, 0.25) is 0 Å². The number of halogens is 1. The van der Waals surface area contributed by atoms with Crippen LogP contribution in [0.1, 0.15) is 36.3 Å². The minimum Gasteiger partial charge on any atom is -0.373 e. The fourth-order valence-electron chi connectivity index (χ4n) is 4.29. The number of hydrogen-bond acceptors (Lipinski definition) is 2. The first kappa shape index (κ1) is 15.8. The normalized spacial score (nSPS) is 27.6. The van der Waals surface area contributed by atoms with Crippen LogP contribution in [0.5, 0.6) is 0 Å². The molecule has 1 spiro atoms. The number of benzene rings is 2. The molecule has 24 heavy (non-hydrogen) atoms. The Morgan fingerprint density at radius 2 is 2.00 bits per heavy atom. The van der Waals surface area contributed by atoms with E-state index in [1.165, 1.54) is 11.6 Å². The first-order chi connectivity index (χ1) is 11.7. The maximum Gasteiger partial charge on any atom is 0.123 e. The van der Waals surface area contributed by atoms with E-state index >= 15 is 0 Å². The number of hydrogen-bond donors (Lipinski definition) is 0. The van der Waals surface area contributed by atoms with Crippen molar-refractivity contribution in [3.05, 3.63) is 71.5 Å². The predicted octanol–water partition coefficient (Wildman–Crippen LogP) is 4.36. The van der Waals surface area contributed by atoms with Gasteiger partial charge in [0, 0.05) is 19.0 Å². The van der Waals surface area contributed by atoms with Gasteiger partial charge >= 0.3 is 0 Å². The van der Waals surface area contributed by atoms with Crippen LogP contribution in [0.2, 0.25) is 0 Å². The Labute approximate surface area is 143 Å². The fourth-order valence-corrected chi connectivity index (χ4v) is 4.29. The molecule has 0 saturated carbocycles. The van der Waals surface area contributed by atoms with Crippen LogP contribution in [0.3, 0.4) is 0 Å². The highest BCUT2D eigenvalue weighted by Crippen LogP contribution is 2.41. The first-order valence-electron chi connectivity index (χ1n) is 8.88. The van der Waals surface area contributed by atoms with Gasteiger partial charge in [-0.25, -0.2) is 4.39 Å². The Balaban J connectivity index is 1.43. The fraction of sp³-hybridized carbons (Fsp3) is 0.429. The van der Waals surface area contributed by atoms with E-state index in [9.17, 15) is 4.39 Å². The molecule has 3 heteroatoms. The summed E-state index contributed by atoms with van der Waals surface area (Å²) >= 11 is 0. The summed E-state index contributed by atoms with van der Waals surface area (Å²) in [6.07, 6.45) is 3.38. The molecule has 2 nitrogen and oxygen atoms in total. The molecule has 0 unspecified atom stereocenters. The van der Waals surface area contributed by atoms with Crippen molar-refractivity contribution in [2.75, 3.05) is 19.7 Å². The van der Waals surface area contributed by atoms with E-state index in [1.54, 1.807) is 12.1 Å². The summed E-state index contributed by atoms with van der Waals surface area (Å²) in [5.74, 6) is 0.348. The van der Waals surface area contributed by atoms with Crippen LogP contribution in [0.4, 0.5) is 4.39 Å². The van der Waals surface area contributed by atoms with Crippen LogP contribution in [-0.2, 0) is 11.3 Å². The zero-order valence-electron chi connectivity index (χ0n) is 14.0. The third kappa shape index (κ3) is 3.38. The summed E-state index contributed by atoms with van der Waals surface area (Å²) in [6.45, 7) is 3.64. The van der Waals surface area contributed by atoms with Crippen LogP contribution in [0.15, 0.2) is 54.6 Å². The average molecular weight is 325 g/mol. The van der Waals surface area contributed by atoms with E-state index in [0.717, 1.165) is 51.1 Å². The highest BCUT2D eigenvalue weighted by molar-refractivity contribution is 5.22. The minimum atomic E-state index is -0.152. The summed E-state index contributed by atoms with van der Waals surface area (Å²) in [5.41, 5.74) is 2.41. The highest BCUT2D eigenvalue weighted by atomic mass is 19.1. The SMILES string of the molecule is Fc1cccc(CN2CCC[C@]3(C[C@@H](c4ccccc4)CO3)C2)c1. The lowest BCUT2D eigenvalue weighted by Crippen LogP contribution is -2.47. The highest BCUT2D eigenvalue weighted by Gasteiger charge is 2.43. The summed E-state index contributed by atoms with van der Waals surface area (Å²) in [5, 5.41) is 0. The third-order valence-electron chi connectivity index (χ3n) is 5.39. The molecule has 0 amide bonds. The van der Waals surface area contributed by atoms with E-state index in [-0.39, 0.29) is 11.4 Å². The molecule has 0 aliphatic carbocycles. The van der Waals surface area contributed by atoms with Crippen LogP contribution >= 0.6 is 0 Å². The zero-order chi connectivity index (χ0) is 16.4. The lowest BCUT2D eigenvalue weighted by atomic mass is 9.84. The van der Waals surface area contributed by atoms with Crippen LogP contribution in [0.25, 0.3) is 0 Å². The summed E-state index contributed by atoms with van der Waals surface area (Å²) in [6, 6.07) is 17.6. The minimum absolute atomic E-state index is 0.0217. The van der Waals surface area contributed by atoms with E-state index < -0.39 is 0 Å². The number of piperidine rings is 1. The van der Waals surface area contributed by atoms with Crippen molar-refractivity contribution in [3.8, 4) is 0 Å². The zero-order valence-corrected chi connectivity index (χ0v) is 14.0. The Kier molecular flexibility index (Phi) is 4.38. The Morgan fingerprint density at radius 1 is 1.12 bits per heavy atom. The largest absolute Gasteiger partial charge is 0.373 e. The predicted molar refractivity (Wildman–Crippen MR) is 93.4 cm³/mol. The second-order valence-corrected chi connectivity index (χ2v) is 7.25. The van der Waals surface area contributed by atoms with Crippen molar-refractivity contribution in [1.82, 2.24) is 4.90 Å². The Hall–Kier alpha value is -1.71. The number of nitrogens with zero attached hydrogens (tertiary/aromatic N) is 1. The lowest BCUT2D eigenvalue weighted by Gasteiger charge is -2.40. The van der Waals surface area contributed by atoms with Crippen molar-refractivity contribution in [2.24, 2.45) is 0 Å². The van der Waals surface area contributed by atoms with Crippen molar-refractivity contribution in [3.63, 3.8) is 0 Å². The van der Waals surface area contributed by atoms with E-state index in [4.69, 9.17) is 4.74 Å². The molecule has 126 valence electrons. The standard InChI is InChI=1S/C21H24FNO/c22-20-9-4-6-17(12-20)14-23-11-5-10-21(16-23)13-19(15-24-21)18-7-2-1-3-8-18/h1-4,6-9,12,19H,5,10-11,13-16H2/t19-,21+/m1/s1. The van der Waals surface area contributed by atoms with Gasteiger partial charge in [-0.1, -0.05) is 42.5 Å². The van der Waals surface area contributed by atoms with Gasteiger partial charge in [-0.05, 0) is 49.1 Å².